The van der Waals surface area contributed by atoms with Crippen LogP contribution in [0.2, 0.25) is 0 Å². The Labute approximate surface area is 98.4 Å². The minimum atomic E-state index is 0.811. The first-order chi connectivity index (χ1) is 7.90. The average molecular weight is 218 g/mol. The quantitative estimate of drug-likeness (QED) is 0.770. The van der Waals surface area contributed by atoms with Crippen molar-refractivity contribution in [2.75, 3.05) is 24.5 Å². The second-order valence-electron chi connectivity index (χ2n) is 4.61. The van der Waals surface area contributed by atoms with Crippen LogP contribution in [0.4, 0.5) is 5.69 Å². The third-order valence-electron chi connectivity index (χ3n) is 3.30. The van der Waals surface area contributed by atoms with Gasteiger partial charge < -0.3 is 10.6 Å². The Bertz CT molecular complexity index is 316. The Kier molecular flexibility index (Phi) is 4.23. The highest BCUT2D eigenvalue weighted by Crippen LogP contribution is 2.21. The van der Waals surface area contributed by atoms with Crippen LogP contribution in [0.5, 0.6) is 0 Å². The van der Waals surface area contributed by atoms with Gasteiger partial charge in [-0.25, -0.2) is 0 Å². The fraction of sp³-hybridized carbons (Fsp3) is 0.571. The van der Waals surface area contributed by atoms with E-state index < -0.39 is 0 Å². The van der Waals surface area contributed by atoms with Crippen molar-refractivity contribution < 1.29 is 0 Å². The van der Waals surface area contributed by atoms with E-state index in [0.717, 1.165) is 13.0 Å². The fourth-order valence-corrected chi connectivity index (χ4v) is 2.36. The summed E-state index contributed by atoms with van der Waals surface area (Å²) in [6.07, 6.45) is 6.20. The molecule has 1 fully saturated rings. The Morgan fingerprint density at radius 1 is 1.12 bits per heavy atom. The number of nitrogens with two attached hydrogens (primary N) is 1. The molecule has 1 aliphatic rings. The number of unbranched alkanes of at least 4 members (excludes halogenated alkanes) is 1. The summed E-state index contributed by atoms with van der Waals surface area (Å²) in [6.45, 7) is 3.27. The summed E-state index contributed by atoms with van der Waals surface area (Å²) in [7, 11) is 0. The lowest BCUT2D eigenvalue weighted by Gasteiger charge is -2.18. The molecule has 1 heterocycles. The highest BCUT2D eigenvalue weighted by atomic mass is 15.1. The Morgan fingerprint density at radius 2 is 1.94 bits per heavy atom. The largest absolute Gasteiger partial charge is 0.372 e. The molecule has 1 aromatic carbocycles. The highest BCUT2D eigenvalue weighted by molar-refractivity contribution is 5.49. The predicted octanol–water partition coefficient (Wildman–Crippen LogP) is 2.57. The Hall–Kier alpha value is -1.02. The lowest BCUT2D eigenvalue weighted by atomic mass is 10.1. The number of aryl methyl sites for hydroxylation is 1. The molecule has 2 rings (SSSR count). The first kappa shape index (κ1) is 11.5. The van der Waals surface area contributed by atoms with Gasteiger partial charge in [-0.15, -0.1) is 0 Å². The zero-order valence-electron chi connectivity index (χ0n) is 9.99. The van der Waals surface area contributed by atoms with E-state index >= 15 is 0 Å². The molecule has 0 radical (unpaired) electrons. The van der Waals surface area contributed by atoms with Gasteiger partial charge in [-0.1, -0.05) is 12.1 Å². The second kappa shape index (κ2) is 5.90. The minimum absolute atomic E-state index is 0.811. The number of hydrogen-bond acceptors (Lipinski definition) is 2. The Morgan fingerprint density at radius 3 is 2.69 bits per heavy atom. The van der Waals surface area contributed by atoms with E-state index in [-0.39, 0.29) is 0 Å². The van der Waals surface area contributed by atoms with E-state index in [1.807, 2.05) is 0 Å². The molecule has 0 bridgehead atoms. The lowest BCUT2D eigenvalue weighted by molar-refractivity contribution is 0.744. The third kappa shape index (κ3) is 2.99. The van der Waals surface area contributed by atoms with E-state index in [1.165, 1.54) is 50.0 Å². The number of hydrogen-bond donors (Lipinski definition) is 1. The zero-order valence-corrected chi connectivity index (χ0v) is 9.99. The third-order valence-corrected chi connectivity index (χ3v) is 3.30. The molecule has 1 aliphatic heterocycles. The topological polar surface area (TPSA) is 29.3 Å². The molecular weight excluding hydrogens is 196 g/mol. The number of benzene rings is 1. The van der Waals surface area contributed by atoms with Gasteiger partial charge in [0, 0.05) is 18.8 Å². The molecule has 2 N–H and O–H groups in total. The molecule has 1 saturated heterocycles. The molecule has 0 saturated carbocycles. The van der Waals surface area contributed by atoms with Crippen molar-refractivity contribution in [3.63, 3.8) is 0 Å². The fourth-order valence-electron chi connectivity index (χ4n) is 2.36. The molecule has 16 heavy (non-hydrogen) atoms. The van der Waals surface area contributed by atoms with E-state index in [2.05, 4.69) is 29.2 Å². The first-order valence-electron chi connectivity index (χ1n) is 6.44. The van der Waals surface area contributed by atoms with Gasteiger partial charge in [-0.05, 0) is 56.3 Å². The molecule has 2 nitrogen and oxygen atoms in total. The molecule has 0 aromatic heterocycles. The predicted molar refractivity (Wildman–Crippen MR) is 69.9 cm³/mol. The van der Waals surface area contributed by atoms with Gasteiger partial charge in [0.1, 0.15) is 0 Å². The van der Waals surface area contributed by atoms with Crippen LogP contribution in [-0.4, -0.2) is 19.6 Å². The highest BCUT2D eigenvalue weighted by Gasteiger charge is 2.11. The number of rotatable bonds is 5. The van der Waals surface area contributed by atoms with Crippen LogP contribution in [0, 0.1) is 0 Å². The molecule has 2 heteroatoms. The molecule has 0 spiro atoms. The van der Waals surface area contributed by atoms with E-state index in [4.69, 9.17) is 5.73 Å². The average Bonchev–Trinajstić information content (AvgIpc) is 2.83. The van der Waals surface area contributed by atoms with Gasteiger partial charge in [0.25, 0.3) is 0 Å². The van der Waals surface area contributed by atoms with Gasteiger partial charge >= 0.3 is 0 Å². The molecule has 88 valence electrons. The van der Waals surface area contributed by atoms with Crippen molar-refractivity contribution in [1.82, 2.24) is 0 Å². The standard InChI is InChI=1S/C14H22N2/c15-9-2-1-6-13-7-5-8-14(12-13)16-10-3-4-11-16/h5,7-8,12H,1-4,6,9-11,15H2. The molecule has 0 amide bonds. The van der Waals surface area contributed by atoms with Crippen molar-refractivity contribution in [3.8, 4) is 0 Å². The lowest BCUT2D eigenvalue weighted by Crippen LogP contribution is -2.17. The van der Waals surface area contributed by atoms with Crippen LogP contribution in [0.25, 0.3) is 0 Å². The van der Waals surface area contributed by atoms with Crippen LogP contribution in [0.1, 0.15) is 31.2 Å². The van der Waals surface area contributed by atoms with Gasteiger partial charge in [0.2, 0.25) is 0 Å². The van der Waals surface area contributed by atoms with Crippen LogP contribution < -0.4 is 10.6 Å². The van der Waals surface area contributed by atoms with Crippen molar-refractivity contribution in [1.29, 1.82) is 0 Å². The summed E-state index contributed by atoms with van der Waals surface area (Å²) in [5.41, 5.74) is 8.38. The van der Waals surface area contributed by atoms with Crippen molar-refractivity contribution in [2.24, 2.45) is 5.73 Å². The summed E-state index contributed by atoms with van der Waals surface area (Å²) in [5, 5.41) is 0. The van der Waals surface area contributed by atoms with Crippen LogP contribution in [0.3, 0.4) is 0 Å². The van der Waals surface area contributed by atoms with Gasteiger partial charge in [-0.3, -0.25) is 0 Å². The summed E-state index contributed by atoms with van der Waals surface area (Å²) < 4.78 is 0. The maximum absolute atomic E-state index is 5.51. The first-order valence-corrected chi connectivity index (χ1v) is 6.44. The normalized spacial score (nSPS) is 15.7. The maximum Gasteiger partial charge on any atom is 0.0368 e. The van der Waals surface area contributed by atoms with Gasteiger partial charge in [0.15, 0.2) is 0 Å². The summed E-state index contributed by atoms with van der Waals surface area (Å²) in [4.78, 5) is 2.49. The second-order valence-corrected chi connectivity index (χ2v) is 4.61. The van der Waals surface area contributed by atoms with Crippen LogP contribution in [0.15, 0.2) is 24.3 Å². The summed E-state index contributed by atoms with van der Waals surface area (Å²) in [6, 6.07) is 9.00. The Balaban J connectivity index is 1.95. The summed E-state index contributed by atoms with van der Waals surface area (Å²) >= 11 is 0. The van der Waals surface area contributed by atoms with Crippen molar-refractivity contribution >= 4 is 5.69 Å². The molecule has 0 atom stereocenters. The number of anilines is 1. The molecular formula is C14H22N2. The van der Waals surface area contributed by atoms with E-state index in [9.17, 15) is 0 Å². The van der Waals surface area contributed by atoms with Gasteiger partial charge in [0.05, 0.1) is 0 Å². The van der Waals surface area contributed by atoms with Crippen molar-refractivity contribution in [2.45, 2.75) is 32.1 Å². The molecule has 0 unspecified atom stereocenters. The monoisotopic (exact) mass is 218 g/mol. The van der Waals surface area contributed by atoms with Crippen molar-refractivity contribution in [3.05, 3.63) is 29.8 Å². The minimum Gasteiger partial charge on any atom is -0.372 e. The molecule has 0 aliphatic carbocycles. The SMILES string of the molecule is NCCCCc1cccc(N2CCCC2)c1. The van der Waals surface area contributed by atoms with Crippen LogP contribution >= 0.6 is 0 Å². The number of nitrogens with zero attached hydrogens (tertiary/aromatic N) is 1. The van der Waals surface area contributed by atoms with Gasteiger partial charge in [-0.2, -0.15) is 0 Å². The smallest absolute Gasteiger partial charge is 0.0368 e. The van der Waals surface area contributed by atoms with E-state index in [0.29, 0.717) is 0 Å². The summed E-state index contributed by atoms with van der Waals surface area (Å²) in [5.74, 6) is 0. The van der Waals surface area contributed by atoms with Crippen LogP contribution in [-0.2, 0) is 6.42 Å². The molecule has 1 aromatic rings. The maximum atomic E-state index is 5.51. The zero-order chi connectivity index (χ0) is 11.2. The van der Waals surface area contributed by atoms with E-state index in [1.54, 1.807) is 0 Å².